The third-order valence-electron chi connectivity index (χ3n) is 4.03. The highest BCUT2D eigenvalue weighted by molar-refractivity contribution is 6.33. The molecule has 1 heterocycles. The molecule has 7 heteroatoms. The molecule has 2 aromatic carbocycles. The van der Waals surface area contributed by atoms with Gasteiger partial charge in [0, 0.05) is 26.2 Å². The fourth-order valence-electron chi connectivity index (χ4n) is 2.72. The van der Waals surface area contributed by atoms with Crippen molar-refractivity contribution in [1.82, 2.24) is 4.90 Å². The van der Waals surface area contributed by atoms with Gasteiger partial charge in [-0.2, -0.15) is 0 Å². The lowest BCUT2D eigenvalue weighted by Crippen LogP contribution is -2.49. The van der Waals surface area contributed by atoms with Crippen molar-refractivity contribution in [1.29, 1.82) is 0 Å². The summed E-state index contributed by atoms with van der Waals surface area (Å²) in [7, 11) is 0. The van der Waals surface area contributed by atoms with Crippen molar-refractivity contribution < 1.29 is 18.0 Å². The van der Waals surface area contributed by atoms with Crippen LogP contribution in [0.25, 0.3) is 0 Å². The third kappa shape index (κ3) is 3.06. The summed E-state index contributed by atoms with van der Waals surface area (Å²) in [5, 5.41) is 0.372. The van der Waals surface area contributed by atoms with Gasteiger partial charge in [-0.25, -0.2) is 13.2 Å². The second kappa shape index (κ2) is 6.73. The fraction of sp³-hybridized carbons (Fsp3) is 0.235. The maximum Gasteiger partial charge on any atom is 0.255 e. The zero-order valence-electron chi connectivity index (χ0n) is 12.6. The Bertz CT molecular complexity index is 776. The number of carbonyl (C=O) groups excluding carboxylic acids is 1. The van der Waals surface area contributed by atoms with Gasteiger partial charge in [0.2, 0.25) is 0 Å². The first kappa shape index (κ1) is 16.6. The first-order valence-corrected chi connectivity index (χ1v) is 7.79. The molecule has 0 atom stereocenters. The number of carbonyl (C=O) groups is 1. The molecule has 0 aromatic heterocycles. The van der Waals surface area contributed by atoms with Gasteiger partial charge in [0.15, 0.2) is 17.5 Å². The third-order valence-corrected chi connectivity index (χ3v) is 4.36. The molecule has 1 amide bonds. The topological polar surface area (TPSA) is 23.6 Å². The van der Waals surface area contributed by atoms with E-state index in [0.29, 0.717) is 36.8 Å². The SMILES string of the molecule is O=C(c1ccccc1Cl)N1CCN(c2ccc(F)c(F)c2F)CC1. The van der Waals surface area contributed by atoms with Gasteiger partial charge in [0.05, 0.1) is 16.3 Å². The summed E-state index contributed by atoms with van der Waals surface area (Å²) in [5.41, 5.74) is 0.408. The van der Waals surface area contributed by atoms with Gasteiger partial charge in [-0.15, -0.1) is 0 Å². The Morgan fingerprint density at radius 1 is 0.917 bits per heavy atom. The monoisotopic (exact) mass is 354 g/mol. The molecule has 1 saturated heterocycles. The van der Waals surface area contributed by atoms with Crippen LogP contribution >= 0.6 is 11.6 Å². The van der Waals surface area contributed by atoms with Crippen LogP contribution in [0.2, 0.25) is 5.02 Å². The van der Waals surface area contributed by atoms with Crippen LogP contribution < -0.4 is 4.90 Å². The number of benzene rings is 2. The van der Waals surface area contributed by atoms with Gasteiger partial charge < -0.3 is 9.80 Å². The highest BCUT2D eigenvalue weighted by atomic mass is 35.5. The molecule has 0 aliphatic carbocycles. The summed E-state index contributed by atoms with van der Waals surface area (Å²) in [6, 6.07) is 8.86. The van der Waals surface area contributed by atoms with Crippen LogP contribution in [0.1, 0.15) is 10.4 Å². The molecule has 24 heavy (non-hydrogen) atoms. The Kier molecular flexibility index (Phi) is 4.66. The van der Waals surface area contributed by atoms with E-state index in [2.05, 4.69) is 0 Å². The van der Waals surface area contributed by atoms with E-state index in [1.165, 1.54) is 6.07 Å². The summed E-state index contributed by atoms with van der Waals surface area (Å²) in [6.45, 7) is 1.31. The number of piperazine rings is 1. The normalized spacial score (nSPS) is 14.8. The number of hydrogen-bond acceptors (Lipinski definition) is 2. The molecule has 1 fully saturated rings. The molecular weight excluding hydrogens is 341 g/mol. The summed E-state index contributed by atoms with van der Waals surface area (Å²) in [5.74, 6) is -4.11. The van der Waals surface area contributed by atoms with Crippen molar-refractivity contribution >= 4 is 23.2 Å². The van der Waals surface area contributed by atoms with E-state index >= 15 is 0 Å². The summed E-state index contributed by atoms with van der Waals surface area (Å²) < 4.78 is 40.2. The van der Waals surface area contributed by atoms with Crippen LogP contribution in [0.3, 0.4) is 0 Å². The molecule has 0 radical (unpaired) electrons. The second-order valence-electron chi connectivity index (χ2n) is 5.45. The van der Waals surface area contributed by atoms with E-state index in [1.54, 1.807) is 34.1 Å². The maximum atomic E-state index is 13.9. The van der Waals surface area contributed by atoms with Crippen molar-refractivity contribution in [3.63, 3.8) is 0 Å². The van der Waals surface area contributed by atoms with E-state index in [0.717, 1.165) is 6.07 Å². The van der Waals surface area contributed by atoms with E-state index < -0.39 is 17.5 Å². The van der Waals surface area contributed by atoms with Crippen LogP contribution in [0, 0.1) is 17.5 Å². The minimum Gasteiger partial charge on any atom is -0.366 e. The number of anilines is 1. The molecule has 0 spiro atoms. The van der Waals surface area contributed by atoms with E-state index in [9.17, 15) is 18.0 Å². The number of halogens is 4. The minimum absolute atomic E-state index is 0.00116. The van der Waals surface area contributed by atoms with Crippen LogP contribution in [0.5, 0.6) is 0 Å². The Balaban J connectivity index is 1.71. The fourth-order valence-corrected chi connectivity index (χ4v) is 2.93. The molecule has 1 aliphatic rings. The van der Waals surface area contributed by atoms with Gasteiger partial charge in [-0.1, -0.05) is 23.7 Å². The Morgan fingerprint density at radius 2 is 1.58 bits per heavy atom. The van der Waals surface area contributed by atoms with E-state index in [-0.39, 0.29) is 11.6 Å². The van der Waals surface area contributed by atoms with Crippen molar-refractivity contribution in [3.05, 3.63) is 64.4 Å². The summed E-state index contributed by atoms with van der Waals surface area (Å²) >= 11 is 6.03. The lowest BCUT2D eigenvalue weighted by Gasteiger charge is -2.36. The smallest absolute Gasteiger partial charge is 0.255 e. The Labute approximate surface area is 142 Å². The number of amides is 1. The largest absolute Gasteiger partial charge is 0.366 e. The quantitative estimate of drug-likeness (QED) is 0.767. The number of hydrogen-bond donors (Lipinski definition) is 0. The zero-order valence-corrected chi connectivity index (χ0v) is 13.4. The molecule has 0 bridgehead atoms. The predicted octanol–water partition coefficient (Wildman–Crippen LogP) is 3.72. The highest BCUT2D eigenvalue weighted by Gasteiger charge is 2.26. The lowest BCUT2D eigenvalue weighted by molar-refractivity contribution is 0.0747. The van der Waals surface area contributed by atoms with Crippen molar-refractivity contribution in [2.75, 3.05) is 31.1 Å². The van der Waals surface area contributed by atoms with Crippen LogP contribution in [0.4, 0.5) is 18.9 Å². The van der Waals surface area contributed by atoms with Gasteiger partial charge in [0.1, 0.15) is 0 Å². The molecule has 0 unspecified atom stereocenters. The molecular formula is C17H14ClF3N2O. The standard InChI is InChI=1S/C17H14ClF3N2O/c18-12-4-2-1-3-11(12)17(24)23-9-7-22(8-10-23)14-6-5-13(19)15(20)16(14)21/h1-6H,7-10H2. The molecule has 126 valence electrons. The van der Waals surface area contributed by atoms with E-state index in [1.807, 2.05) is 0 Å². The molecule has 3 nitrogen and oxygen atoms in total. The van der Waals surface area contributed by atoms with Gasteiger partial charge in [-0.05, 0) is 24.3 Å². The van der Waals surface area contributed by atoms with Crippen molar-refractivity contribution in [2.45, 2.75) is 0 Å². The first-order chi connectivity index (χ1) is 11.5. The van der Waals surface area contributed by atoms with Gasteiger partial charge in [-0.3, -0.25) is 4.79 Å². The Hall–Kier alpha value is -2.21. The lowest BCUT2D eigenvalue weighted by atomic mass is 10.1. The number of rotatable bonds is 2. The van der Waals surface area contributed by atoms with Gasteiger partial charge >= 0.3 is 0 Å². The Morgan fingerprint density at radius 3 is 2.25 bits per heavy atom. The van der Waals surface area contributed by atoms with Gasteiger partial charge in [0.25, 0.3) is 5.91 Å². The number of nitrogens with zero attached hydrogens (tertiary/aromatic N) is 2. The van der Waals surface area contributed by atoms with Crippen molar-refractivity contribution in [3.8, 4) is 0 Å². The van der Waals surface area contributed by atoms with Crippen molar-refractivity contribution in [2.24, 2.45) is 0 Å². The average Bonchev–Trinajstić information content (AvgIpc) is 2.60. The van der Waals surface area contributed by atoms with Crippen LogP contribution in [0.15, 0.2) is 36.4 Å². The maximum absolute atomic E-state index is 13.9. The zero-order chi connectivity index (χ0) is 17.3. The predicted molar refractivity (Wildman–Crippen MR) is 85.9 cm³/mol. The molecule has 2 aromatic rings. The van der Waals surface area contributed by atoms with Crippen LogP contribution in [-0.2, 0) is 0 Å². The van der Waals surface area contributed by atoms with E-state index in [4.69, 9.17) is 11.6 Å². The summed E-state index contributed by atoms with van der Waals surface area (Å²) in [6.07, 6.45) is 0. The molecule has 3 rings (SSSR count). The minimum atomic E-state index is -1.48. The van der Waals surface area contributed by atoms with Crippen LogP contribution in [-0.4, -0.2) is 37.0 Å². The molecule has 0 saturated carbocycles. The molecule has 1 aliphatic heterocycles. The second-order valence-corrected chi connectivity index (χ2v) is 5.86. The molecule has 0 N–H and O–H groups in total. The first-order valence-electron chi connectivity index (χ1n) is 7.41. The average molecular weight is 355 g/mol. The summed E-state index contributed by atoms with van der Waals surface area (Å²) in [4.78, 5) is 15.7. The highest BCUT2D eigenvalue weighted by Crippen LogP contribution is 2.25.